The van der Waals surface area contributed by atoms with Crippen LogP contribution in [0.1, 0.15) is 31.2 Å². The highest BCUT2D eigenvalue weighted by Crippen LogP contribution is 2.37. The Morgan fingerprint density at radius 2 is 2.11 bits per heavy atom. The molecular formula is C24H32ClFN2O6S. The van der Waals surface area contributed by atoms with Gasteiger partial charge in [0.05, 0.1) is 17.5 Å². The number of benzene rings is 1. The number of carbonyl (C=O) groups excluding carboxylic acids is 1. The number of hydrogen-bond acceptors (Lipinski definition) is 8. The summed E-state index contributed by atoms with van der Waals surface area (Å²) in [6.45, 7) is 2.67. The molecule has 5 N–H and O–H groups in total. The summed E-state index contributed by atoms with van der Waals surface area (Å²) in [5.74, 6) is -1.46. The smallest absolute Gasteiger partial charge is 0.240 e. The number of fused-ring (bicyclic) bond motifs is 1. The van der Waals surface area contributed by atoms with Gasteiger partial charge in [-0.3, -0.25) is 4.79 Å². The van der Waals surface area contributed by atoms with Crippen LogP contribution >= 0.6 is 23.4 Å². The quantitative estimate of drug-likeness (QED) is 0.356. The fraction of sp³-hybridized carbons (Fsp3) is 0.625. The minimum absolute atomic E-state index is 0.0645. The average Bonchev–Trinajstić information content (AvgIpc) is 3.11. The number of aliphatic hydroxyl groups excluding tert-OH is 3. The van der Waals surface area contributed by atoms with E-state index in [1.54, 1.807) is 25.3 Å². The lowest BCUT2D eigenvalue weighted by atomic mass is 9.85. The number of amides is 1. The van der Waals surface area contributed by atoms with Crippen molar-refractivity contribution in [2.45, 2.75) is 66.9 Å². The molecule has 9 atom stereocenters. The first-order valence-electron chi connectivity index (χ1n) is 11.7. The lowest BCUT2D eigenvalue weighted by molar-refractivity contribution is -0.131. The van der Waals surface area contributed by atoms with Crippen LogP contribution in [0.25, 0.3) is 0 Å². The second kappa shape index (κ2) is 11.2. The van der Waals surface area contributed by atoms with Crippen molar-refractivity contribution >= 4 is 29.3 Å². The first-order valence-corrected chi connectivity index (χ1v) is 13.5. The number of ether oxygens (including phenoxy) is 2. The largest absolute Gasteiger partial charge is 0.506 e. The van der Waals surface area contributed by atoms with Gasteiger partial charge in [-0.05, 0) is 49.6 Å². The molecule has 8 nitrogen and oxygen atoms in total. The van der Waals surface area contributed by atoms with E-state index in [1.165, 1.54) is 6.07 Å². The van der Waals surface area contributed by atoms with Gasteiger partial charge in [-0.25, -0.2) is 4.39 Å². The van der Waals surface area contributed by atoms with Gasteiger partial charge in [0, 0.05) is 19.1 Å². The Balaban J connectivity index is 1.45. The van der Waals surface area contributed by atoms with Crippen LogP contribution in [0.5, 0.6) is 0 Å². The monoisotopic (exact) mass is 530 g/mol. The van der Waals surface area contributed by atoms with Gasteiger partial charge < -0.3 is 35.4 Å². The fourth-order valence-corrected chi connectivity index (χ4v) is 6.03. The SMILES string of the molecule is CSC1OC(C(NC(=O)C2NCC3CC(c4cccc(F)c4)CCOC32)C(C)Cl)C(O)C(O)=C1O. The van der Waals surface area contributed by atoms with Crippen molar-refractivity contribution in [2.75, 3.05) is 19.4 Å². The number of thioether (sulfide) groups is 1. The molecule has 11 heteroatoms. The van der Waals surface area contributed by atoms with Gasteiger partial charge in [-0.15, -0.1) is 23.4 Å². The number of rotatable bonds is 6. The van der Waals surface area contributed by atoms with Crippen molar-refractivity contribution < 1.29 is 34.0 Å². The molecule has 194 valence electrons. The third kappa shape index (κ3) is 5.57. The normalized spacial score (nSPS) is 35.2. The highest BCUT2D eigenvalue weighted by molar-refractivity contribution is 7.99. The van der Waals surface area contributed by atoms with E-state index in [-0.39, 0.29) is 29.7 Å². The van der Waals surface area contributed by atoms with E-state index >= 15 is 0 Å². The molecular weight excluding hydrogens is 499 g/mol. The maximum absolute atomic E-state index is 13.8. The highest BCUT2D eigenvalue weighted by Gasteiger charge is 2.47. The molecule has 0 aliphatic carbocycles. The molecule has 0 aromatic heterocycles. The molecule has 0 radical (unpaired) electrons. The second-order valence-corrected chi connectivity index (χ2v) is 10.9. The highest BCUT2D eigenvalue weighted by atomic mass is 35.5. The van der Waals surface area contributed by atoms with Crippen molar-refractivity contribution in [1.29, 1.82) is 0 Å². The van der Waals surface area contributed by atoms with Crippen LogP contribution in [-0.4, -0.2) is 81.8 Å². The van der Waals surface area contributed by atoms with Gasteiger partial charge in [0.15, 0.2) is 17.0 Å². The van der Waals surface area contributed by atoms with Gasteiger partial charge in [0.25, 0.3) is 0 Å². The fourth-order valence-electron chi connectivity index (χ4n) is 5.24. The van der Waals surface area contributed by atoms with E-state index in [0.29, 0.717) is 13.2 Å². The molecule has 1 aromatic rings. The number of alkyl halides is 1. The predicted molar refractivity (Wildman–Crippen MR) is 131 cm³/mol. The number of halogens is 2. The van der Waals surface area contributed by atoms with Crippen molar-refractivity contribution in [3.05, 3.63) is 47.2 Å². The van der Waals surface area contributed by atoms with E-state index in [0.717, 1.165) is 30.2 Å². The summed E-state index contributed by atoms with van der Waals surface area (Å²) in [7, 11) is 0. The van der Waals surface area contributed by atoms with Crippen molar-refractivity contribution in [1.82, 2.24) is 10.6 Å². The Bertz CT molecular complexity index is 952. The van der Waals surface area contributed by atoms with Crippen LogP contribution < -0.4 is 10.6 Å². The Morgan fingerprint density at radius 3 is 2.80 bits per heavy atom. The molecule has 1 amide bonds. The molecule has 0 saturated carbocycles. The minimum atomic E-state index is -1.55. The van der Waals surface area contributed by atoms with Gasteiger partial charge in [-0.1, -0.05) is 12.1 Å². The first-order chi connectivity index (χ1) is 16.7. The molecule has 1 aromatic carbocycles. The number of nitrogens with one attached hydrogen (secondary N) is 2. The number of carbonyl (C=O) groups is 1. The zero-order valence-electron chi connectivity index (χ0n) is 19.6. The Hall–Kier alpha value is -1.56. The van der Waals surface area contributed by atoms with Crippen LogP contribution in [-0.2, 0) is 14.3 Å². The molecule has 3 heterocycles. The van der Waals surface area contributed by atoms with Gasteiger partial charge in [-0.2, -0.15) is 0 Å². The number of hydrogen-bond donors (Lipinski definition) is 5. The third-order valence-corrected chi connectivity index (χ3v) is 8.12. The number of aliphatic hydroxyl groups is 3. The first kappa shape index (κ1) is 26.5. The van der Waals surface area contributed by atoms with Gasteiger partial charge in [0.1, 0.15) is 24.1 Å². The molecule has 4 rings (SSSR count). The van der Waals surface area contributed by atoms with E-state index in [4.69, 9.17) is 21.1 Å². The predicted octanol–water partition coefficient (Wildman–Crippen LogP) is 2.56. The summed E-state index contributed by atoms with van der Waals surface area (Å²) in [6, 6.07) is 5.13. The second-order valence-electron chi connectivity index (χ2n) is 9.35. The van der Waals surface area contributed by atoms with Crippen molar-refractivity contribution in [2.24, 2.45) is 5.92 Å². The summed E-state index contributed by atoms with van der Waals surface area (Å²) in [4.78, 5) is 13.3. The lowest BCUT2D eigenvalue weighted by Gasteiger charge is -2.38. The average molecular weight is 531 g/mol. The summed E-state index contributed by atoms with van der Waals surface area (Å²) < 4.78 is 25.6. The Kier molecular flexibility index (Phi) is 8.50. The molecule has 2 fully saturated rings. The molecule has 3 aliphatic heterocycles. The maximum atomic E-state index is 13.8. The van der Waals surface area contributed by atoms with Gasteiger partial charge >= 0.3 is 0 Å². The van der Waals surface area contributed by atoms with Gasteiger partial charge in [0.2, 0.25) is 5.91 Å². The molecule has 35 heavy (non-hydrogen) atoms. The van der Waals surface area contributed by atoms with Crippen molar-refractivity contribution in [3.8, 4) is 0 Å². The minimum Gasteiger partial charge on any atom is -0.506 e. The van der Waals surface area contributed by atoms with E-state index in [1.807, 2.05) is 6.07 Å². The van der Waals surface area contributed by atoms with Crippen LogP contribution in [0.2, 0.25) is 0 Å². The molecule has 9 unspecified atom stereocenters. The van der Waals surface area contributed by atoms with E-state index in [2.05, 4.69) is 10.6 Å². The molecule has 0 spiro atoms. The Morgan fingerprint density at radius 1 is 1.34 bits per heavy atom. The van der Waals surface area contributed by atoms with E-state index < -0.39 is 46.6 Å². The summed E-state index contributed by atoms with van der Waals surface area (Å²) in [5, 5.41) is 36.2. The molecule has 3 aliphatic rings. The zero-order chi connectivity index (χ0) is 25.3. The standard InChI is InChI=1S/C24H32ClFN2O6S/c1-11(25)16(22-19(30)18(29)20(31)24(34-22)35-2)28-23(32)17-21-14(10-27-17)8-13(6-7-33-21)12-4-3-5-15(26)9-12/h3-5,9,11,13-14,16-17,19,21-22,24,27,29-31H,6-8,10H2,1-2H3,(H,28,32). The Labute approximate surface area is 213 Å². The summed E-state index contributed by atoms with van der Waals surface area (Å²) in [6.07, 6.45) is 0.203. The maximum Gasteiger partial charge on any atom is 0.240 e. The topological polar surface area (TPSA) is 120 Å². The van der Waals surface area contributed by atoms with Crippen LogP contribution in [0.4, 0.5) is 4.39 Å². The van der Waals surface area contributed by atoms with Crippen LogP contribution in [0.15, 0.2) is 35.8 Å². The third-order valence-electron chi connectivity index (χ3n) is 7.09. The van der Waals surface area contributed by atoms with Crippen LogP contribution in [0.3, 0.4) is 0 Å². The van der Waals surface area contributed by atoms with Crippen molar-refractivity contribution in [3.63, 3.8) is 0 Å². The molecule has 0 bridgehead atoms. The lowest BCUT2D eigenvalue weighted by Crippen LogP contribution is -2.60. The van der Waals surface area contributed by atoms with Crippen LogP contribution in [0, 0.1) is 11.7 Å². The molecule has 2 saturated heterocycles. The van der Waals surface area contributed by atoms with E-state index in [9.17, 15) is 24.5 Å². The zero-order valence-corrected chi connectivity index (χ0v) is 21.1. The summed E-state index contributed by atoms with van der Waals surface area (Å²) >= 11 is 7.52. The summed E-state index contributed by atoms with van der Waals surface area (Å²) in [5.41, 5.74) is 0.0400.